The molecule has 4 heteroatoms. The van der Waals surface area contributed by atoms with Crippen LogP contribution in [0.25, 0.3) is 0 Å². The Labute approximate surface area is 124 Å². The number of ether oxygens (including phenoxy) is 2. The van der Waals surface area contributed by atoms with Gasteiger partial charge in [-0.1, -0.05) is 35.8 Å². The Morgan fingerprint density at radius 3 is 2.53 bits per heavy atom. The molecule has 3 nitrogen and oxygen atoms in total. The lowest BCUT2D eigenvalue weighted by Crippen LogP contribution is -2.10. The minimum atomic E-state index is -0.537. The van der Waals surface area contributed by atoms with Crippen molar-refractivity contribution in [3.05, 3.63) is 28.2 Å². The Hall–Kier alpha value is -0.580. The normalized spacial score (nSPS) is 12.7. The highest BCUT2D eigenvalue weighted by molar-refractivity contribution is 9.10. The summed E-state index contributed by atoms with van der Waals surface area (Å²) in [7, 11) is 0. The summed E-state index contributed by atoms with van der Waals surface area (Å²) in [6.07, 6.45) is 0.528. The molecule has 0 saturated heterocycles. The van der Waals surface area contributed by atoms with Gasteiger partial charge < -0.3 is 14.6 Å². The first-order valence-corrected chi connectivity index (χ1v) is 7.48. The molecule has 0 saturated carbocycles. The maximum atomic E-state index is 9.67. The molecule has 1 atom stereocenters. The van der Waals surface area contributed by atoms with Gasteiger partial charge in [-0.2, -0.15) is 0 Å². The van der Waals surface area contributed by atoms with Crippen molar-refractivity contribution in [3.63, 3.8) is 0 Å². The van der Waals surface area contributed by atoms with Gasteiger partial charge in [0.1, 0.15) is 12.4 Å². The molecule has 0 unspecified atom stereocenters. The quantitative estimate of drug-likeness (QED) is 0.733. The molecule has 0 aromatic heterocycles. The monoisotopic (exact) mass is 330 g/mol. The second-order valence-electron chi connectivity index (χ2n) is 5.00. The van der Waals surface area contributed by atoms with E-state index in [1.165, 1.54) is 0 Å². The van der Waals surface area contributed by atoms with Crippen molar-refractivity contribution in [3.8, 4) is 5.75 Å². The van der Waals surface area contributed by atoms with Crippen LogP contribution in [0.4, 0.5) is 0 Å². The summed E-state index contributed by atoms with van der Waals surface area (Å²) >= 11 is 3.40. The van der Waals surface area contributed by atoms with Crippen LogP contribution >= 0.6 is 15.9 Å². The number of halogens is 1. The van der Waals surface area contributed by atoms with E-state index in [-0.39, 0.29) is 0 Å². The first kappa shape index (κ1) is 16.5. The fraction of sp³-hybridized carbons (Fsp3) is 0.600. The highest BCUT2D eigenvalue weighted by Crippen LogP contribution is 2.28. The zero-order valence-corrected chi connectivity index (χ0v) is 13.4. The molecule has 0 aliphatic heterocycles. The molecule has 0 spiro atoms. The van der Waals surface area contributed by atoms with E-state index in [9.17, 15) is 5.11 Å². The first-order valence-electron chi connectivity index (χ1n) is 6.68. The summed E-state index contributed by atoms with van der Waals surface area (Å²) in [5, 5.41) is 9.67. The Balaban J connectivity index is 2.38. The topological polar surface area (TPSA) is 38.7 Å². The van der Waals surface area contributed by atoms with Crippen LogP contribution in [0.2, 0.25) is 0 Å². The predicted octanol–water partition coefficient (Wildman–Crippen LogP) is 3.94. The van der Waals surface area contributed by atoms with E-state index < -0.39 is 6.10 Å². The molecule has 0 aliphatic rings. The summed E-state index contributed by atoms with van der Waals surface area (Å²) in [4.78, 5) is 0. The number of rotatable bonds is 8. The van der Waals surface area contributed by atoms with E-state index in [0.29, 0.717) is 24.9 Å². The van der Waals surface area contributed by atoms with Crippen molar-refractivity contribution < 1.29 is 14.6 Å². The molecular formula is C15H23BrO3. The largest absolute Gasteiger partial charge is 0.491 e. The van der Waals surface area contributed by atoms with Gasteiger partial charge in [-0.25, -0.2) is 0 Å². The molecule has 0 aliphatic carbocycles. The number of benzene rings is 1. The minimum absolute atomic E-state index is 0.494. The third-order valence-corrected chi connectivity index (χ3v) is 3.24. The lowest BCUT2D eigenvalue weighted by molar-refractivity contribution is 0.0909. The smallest absolute Gasteiger partial charge is 0.126 e. The number of hydrogen-bond donors (Lipinski definition) is 1. The van der Waals surface area contributed by atoms with E-state index in [1.807, 2.05) is 18.2 Å². The van der Waals surface area contributed by atoms with E-state index >= 15 is 0 Å². The first-order chi connectivity index (χ1) is 9.00. The molecule has 1 aromatic rings. The molecule has 1 rings (SSSR count). The van der Waals surface area contributed by atoms with Crippen LogP contribution in [0.5, 0.6) is 5.75 Å². The second-order valence-corrected chi connectivity index (χ2v) is 5.92. The molecule has 0 radical (unpaired) electrons. The molecule has 0 bridgehead atoms. The van der Waals surface area contributed by atoms with Crippen LogP contribution < -0.4 is 4.74 Å². The molecule has 1 aromatic carbocycles. The van der Waals surface area contributed by atoms with Crippen LogP contribution in [0.3, 0.4) is 0 Å². The van der Waals surface area contributed by atoms with Gasteiger partial charge in [0.25, 0.3) is 0 Å². The van der Waals surface area contributed by atoms with Crippen molar-refractivity contribution >= 4 is 15.9 Å². The Morgan fingerprint density at radius 2 is 1.89 bits per heavy atom. The molecule has 0 heterocycles. The molecule has 0 amide bonds. The summed E-state index contributed by atoms with van der Waals surface area (Å²) < 4.78 is 12.1. The third kappa shape index (κ3) is 6.41. The standard InChI is InChI=1S/C15H23BrO3/c1-11(2)6-7-18-8-9-19-15-10-13(16)4-5-14(15)12(3)17/h4-5,10-12,17H,6-9H2,1-3H3/t12-/m1/s1. The molecular weight excluding hydrogens is 308 g/mol. The van der Waals surface area contributed by atoms with Crippen LogP contribution in [0.15, 0.2) is 22.7 Å². The highest BCUT2D eigenvalue weighted by atomic mass is 79.9. The highest BCUT2D eigenvalue weighted by Gasteiger charge is 2.09. The van der Waals surface area contributed by atoms with Gasteiger partial charge in [0.05, 0.1) is 12.7 Å². The van der Waals surface area contributed by atoms with Crippen LogP contribution in [0, 0.1) is 5.92 Å². The van der Waals surface area contributed by atoms with E-state index in [0.717, 1.165) is 23.1 Å². The van der Waals surface area contributed by atoms with Gasteiger partial charge in [-0.15, -0.1) is 0 Å². The Bertz CT molecular complexity index is 378. The lowest BCUT2D eigenvalue weighted by Gasteiger charge is -2.14. The van der Waals surface area contributed by atoms with Gasteiger partial charge >= 0.3 is 0 Å². The van der Waals surface area contributed by atoms with Gasteiger partial charge in [0.2, 0.25) is 0 Å². The molecule has 0 fully saturated rings. The Kier molecular flexibility index (Phi) is 7.42. The van der Waals surface area contributed by atoms with Gasteiger partial charge in [0, 0.05) is 16.6 Å². The van der Waals surface area contributed by atoms with Crippen molar-refractivity contribution in [2.75, 3.05) is 19.8 Å². The summed E-state index contributed by atoms with van der Waals surface area (Å²) in [6.45, 7) is 7.91. The van der Waals surface area contributed by atoms with E-state index in [2.05, 4.69) is 29.8 Å². The second kappa shape index (κ2) is 8.56. The van der Waals surface area contributed by atoms with Crippen LogP contribution in [-0.4, -0.2) is 24.9 Å². The van der Waals surface area contributed by atoms with Crippen molar-refractivity contribution in [2.24, 2.45) is 5.92 Å². The lowest BCUT2D eigenvalue weighted by atomic mass is 10.1. The fourth-order valence-corrected chi connectivity index (χ4v) is 1.95. The van der Waals surface area contributed by atoms with Crippen LogP contribution in [-0.2, 0) is 4.74 Å². The average molecular weight is 331 g/mol. The third-order valence-electron chi connectivity index (χ3n) is 2.75. The summed E-state index contributed by atoms with van der Waals surface area (Å²) in [6, 6.07) is 5.63. The zero-order valence-electron chi connectivity index (χ0n) is 11.9. The van der Waals surface area contributed by atoms with Crippen LogP contribution in [0.1, 0.15) is 38.9 Å². The van der Waals surface area contributed by atoms with Crippen molar-refractivity contribution in [1.82, 2.24) is 0 Å². The maximum Gasteiger partial charge on any atom is 0.126 e. The predicted molar refractivity (Wildman–Crippen MR) is 80.5 cm³/mol. The van der Waals surface area contributed by atoms with E-state index in [1.54, 1.807) is 6.92 Å². The molecule has 19 heavy (non-hydrogen) atoms. The van der Waals surface area contributed by atoms with Crippen molar-refractivity contribution in [1.29, 1.82) is 0 Å². The zero-order chi connectivity index (χ0) is 14.3. The van der Waals surface area contributed by atoms with Gasteiger partial charge in [-0.3, -0.25) is 0 Å². The molecule has 1 N–H and O–H groups in total. The maximum absolute atomic E-state index is 9.67. The van der Waals surface area contributed by atoms with Gasteiger partial charge in [-0.05, 0) is 31.4 Å². The van der Waals surface area contributed by atoms with Gasteiger partial charge in [0.15, 0.2) is 0 Å². The van der Waals surface area contributed by atoms with E-state index in [4.69, 9.17) is 9.47 Å². The average Bonchev–Trinajstić information content (AvgIpc) is 2.33. The minimum Gasteiger partial charge on any atom is -0.491 e. The fourth-order valence-electron chi connectivity index (χ4n) is 1.61. The number of aliphatic hydroxyl groups excluding tert-OH is 1. The molecule has 108 valence electrons. The number of hydrogen-bond acceptors (Lipinski definition) is 3. The number of aliphatic hydroxyl groups is 1. The SMILES string of the molecule is CC(C)CCOCCOc1cc(Br)ccc1[C@@H](C)O. The summed E-state index contributed by atoms with van der Waals surface area (Å²) in [5.41, 5.74) is 0.797. The summed E-state index contributed by atoms with van der Waals surface area (Å²) in [5.74, 6) is 1.37. The van der Waals surface area contributed by atoms with Crippen molar-refractivity contribution in [2.45, 2.75) is 33.3 Å². The Morgan fingerprint density at radius 1 is 1.16 bits per heavy atom.